The Balaban J connectivity index is 2.55. The molecule has 0 bridgehead atoms. The fraction of sp³-hybridized carbons (Fsp3) is 0.167. The SMILES string of the molecule is COc1ccc(-c2nc(C(F)(F)F)c(C(=O)O)s2)cc1F. The van der Waals surface area contributed by atoms with Crippen molar-refractivity contribution in [3.8, 4) is 16.3 Å². The second-order valence-electron chi connectivity index (χ2n) is 3.85. The minimum Gasteiger partial charge on any atom is -0.494 e. The Morgan fingerprint density at radius 3 is 2.48 bits per heavy atom. The summed E-state index contributed by atoms with van der Waals surface area (Å²) in [5, 5.41) is 8.57. The van der Waals surface area contributed by atoms with Crippen LogP contribution in [0.5, 0.6) is 5.75 Å². The first-order chi connectivity index (χ1) is 9.74. The van der Waals surface area contributed by atoms with Crippen molar-refractivity contribution in [2.45, 2.75) is 6.18 Å². The van der Waals surface area contributed by atoms with Gasteiger partial charge in [0.1, 0.15) is 9.88 Å². The number of aromatic nitrogens is 1. The lowest BCUT2D eigenvalue weighted by Crippen LogP contribution is -2.11. The summed E-state index contributed by atoms with van der Waals surface area (Å²) in [5.74, 6) is -2.60. The molecular weight excluding hydrogens is 314 g/mol. The Hall–Kier alpha value is -2.16. The average molecular weight is 321 g/mol. The van der Waals surface area contributed by atoms with Gasteiger partial charge in [-0.3, -0.25) is 0 Å². The lowest BCUT2D eigenvalue weighted by Gasteiger charge is -2.03. The van der Waals surface area contributed by atoms with Crippen LogP contribution in [-0.4, -0.2) is 23.2 Å². The van der Waals surface area contributed by atoms with Gasteiger partial charge in [0.2, 0.25) is 0 Å². The summed E-state index contributed by atoms with van der Waals surface area (Å²) in [5.41, 5.74) is -1.46. The van der Waals surface area contributed by atoms with Gasteiger partial charge in [-0.25, -0.2) is 14.2 Å². The van der Waals surface area contributed by atoms with Crippen LogP contribution in [0.4, 0.5) is 17.6 Å². The van der Waals surface area contributed by atoms with E-state index in [1.54, 1.807) is 0 Å². The molecule has 2 aromatic rings. The van der Waals surface area contributed by atoms with Gasteiger partial charge >= 0.3 is 12.1 Å². The number of aromatic carboxylic acids is 1. The maximum atomic E-state index is 13.5. The Bertz CT molecular complexity index is 696. The molecule has 0 spiro atoms. The number of carboxylic acid groups (broad SMARTS) is 1. The smallest absolute Gasteiger partial charge is 0.435 e. The van der Waals surface area contributed by atoms with E-state index >= 15 is 0 Å². The Morgan fingerprint density at radius 1 is 1.38 bits per heavy atom. The van der Waals surface area contributed by atoms with Gasteiger partial charge in [-0.05, 0) is 18.2 Å². The van der Waals surface area contributed by atoms with E-state index in [1.165, 1.54) is 19.2 Å². The number of rotatable bonds is 3. The molecule has 1 aromatic carbocycles. The van der Waals surface area contributed by atoms with Crippen molar-refractivity contribution in [3.63, 3.8) is 0 Å². The molecule has 0 aliphatic carbocycles. The topological polar surface area (TPSA) is 59.4 Å². The van der Waals surface area contributed by atoms with Crippen molar-refractivity contribution in [1.29, 1.82) is 0 Å². The largest absolute Gasteiger partial charge is 0.494 e. The predicted octanol–water partition coefficient (Wildman–Crippen LogP) is 3.67. The molecule has 0 amide bonds. The van der Waals surface area contributed by atoms with Gasteiger partial charge in [0.05, 0.1) is 7.11 Å². The fourth-order valence-electron chi connectivity index (χ4n) is 1.58. The highest BCUT2D eigenvalue weighted by atomic mass is 32.1. The summed E-state index contributed by atoms with van der Waals surface area (Å²) < 4.78 is 56.4. The number of carbonyl (C=O) groups is 1. The monoisotopic (exact) mass is 321 g/mol. The normalized spacial score (nSPS) is 11.5. The number of benzene rings is 1. The van der Waals surface area contributed by atoms with Gasteiger partial charge in [0, 0.05) is 5.56 Å². The van der Waals surface area contributed by atoms with E-state index in [9.17, 15) is 22.4 Å². The third kappa shape index (κ3) is 2.97. The summed E-state index contributed by atoms with van der Waals surface area (Å²) in [6, 6.07) is 3.45. The molecular formula is C12H7F4NO3S. The summed E-state index contributed by atoms with van der Waals surface area (Å²) in [4.78, 5) is 13.2. The van der Waals surface area contributed by atoms with Gasteiger partial charge in [0.25, 0.3) is 0 Å². The number of carboxylic acids is 1. The second kappa shape index (κ2) is 5.32. The number of ether oxygens (including phenoxy) is 1. The van der Waals surface area contributed by atoms with E-state index in [0.717, 1.165) is 6.07 Å². The zero-order valence-electron chi connectivity index (χ0n) is 10.4. The zero-order chi connectivity index (χ0) is 15.8. The first kappa shape index (κ1) is 15.2. The third-order valence-electron chi connectivity index (χ3n) is 2.49. The highest BCUT2D eigenvalue weighted by molar-refractivity contribution is 7.17. The molecule has 1 heterocycles. The van der Waals surface area contributed by atoms with Crippen molar-refractivity contribution >= 4 is 17.3 Å². The lowest BCUT2D eigenvalue weighted by atomic mass is 10.2. The Labute approximate surface area is 119 Å². The van der Waals surface area contributed by atoms with Crippen LogP contribution >= 0.6 is 11.3 Å². The van der Waals surface area contributed by atoms with Crippen LogP contribution < -0.4 is 4.74 Å². The first-order valence-corrected chi connectivity index (χ1v) is 6.21. The van der Waals surface area contributed by atoms with E-state index in [-0.39, 0.29) is 16.3 Å². The molecule has 2 rings (SSSR count). The molecule has 0 aliphatic rings. The molecule has 1 aromatic heterocycles. The summed E-state index contributed by atoms with van der Waals surface area (Å²) >= 11 is 0.332. The van der Waals surface area contributed by atoms with Gasteiger partial charge in [-0.2, -0.15) is 13.2 Å². The minimum atomic E-state index is -4.90. The summed E-state index contributed by atoms with van der Waals surface area (Å²) in [6.45, 7) is 0. The zero-order valence-corrected chi connectivity index (χ0v) is 11.2. The van der Waals surface area contributed by atoms with Gasteiger partial charge < -0.3 is 9.84 Å². The van der Waals surface area contributed by atoms with E-state index in [0.29, 0.717) is 11.3 Å². The molecule has 1 N–H and O–H groups in total. The Morgan fingerprint density at radius 2 is 2.05 bits per heavy atom. The number of hydrogen-bond donors (Lipinski definition) is 1. The fourth-order valence-corrected chi connectivity index (χ4v) is 2.50. The molecule has 9 heteroatoms. The maximum absolute atomic E-state index is 13.5. The minimum absolute atomic E-state index is 0.0382. The van der Waals surface area contributed by atoms with Crippen molar-refractivity contribution < 1.29 is 32.2 Å². The molecule has 0 aliphatic heterocycles. The van der Waals surface area contributed by atoms with Crippen LogP contribution in [-0.2, 0) is 6.18 Å². The molecule has 112 valence electrons. The number of halogens is 4. The summed E-state index contributed by atoms with van der Waals surface area (Å²) in [7, 11) is 1.24. The molecule has 21 heavy (non-hydrogen) atoms. The van der Waals surface area contributed by atoms with E-state index < -0.39 is 28.5 Å². The molecule has 4 nitrogen and oxygen atoms in total. The molecule has 0 unspecified atom stereocenters. The second-order valence-corrected chi connectivity index (χ2v) is 4.85. The molecule has 0 saturated heterocycles. The number of thiazole rings is 1. The van der Waals surface area contributed by atoms with Crippen LogP contribution in [0.1, 0.15) is 15.4 Å². The standard InChI is InChI=1S/C12H7F4NO3S/c1-20-7-3-2-5(4-6(7)13)10-17-9(12(14,15)16)8(21-10)11(18)19/h2-4H,1H3,(H,18,19). The molecule has 0 radical (unpaired) electrons. The van der Waals surface area contributed by atoms with Gasteiger partial charge in [0.15, 0.2) is 17.3 Å². The molecule has 0 saturated carbocycles. The average Bonchev–Trinajstić information content (AvgIpc) is 2.83. The van der Waals surface area contributed by atoms with Gasteiger partial charge in [-0.15, -0.1) is 11.3 Å². The van der Waals surface area contributed by atoms with E-state index in [1.807, 2.05) is 0 Å². The number of alkyl halides is 3. The molecule has 0 fully saturated rings. The van der Waals surface area contributed by atoms with Gasteiger partial charge in [-0.1, -0.05) is 0 Å². The highest BCUT2D eigenvalue weighted by Gasteiger charge is 2.39. The lowest BCUT2D eigenvalue weighted by molar-refractivity contribution is -0.141. The van der Waals surface area contributed by atoms with Crippen molar-refractivity contribution in [1.82, 2.24) is 4.98 Å². The number of nitrogens with zero attached hydrogens (tertiary/aromatic N) is 1. The van der Waals surface area contributed by atoms with Crippen molar-refractivity contribution in [2.24, 2.45) is 0 Å². The van der Waals surface area contributed by atoms with Crippen LogP contribution in [0, 0.1) is 5.82 Å². The van der Waals surface area contributed by atoms with E-state index in [2.05, 4.69) is 4.98 Å². The first-order valence-electron chi connectivity index (χ1n) is 5.39. The number of hydrogen-bond acceptors (Lipinski definition) is 4. The van der Waals surface area contributed by atoms with Crippen molar-refractivity contribution in [2.75, 3.05) is 7.11 Å². The number of methoxy groups -OCH3 is 1. The third-order valence-corrected chi connectivity index (χ3v) is 3.58. The van der Waals surface area contributed by atoms with Crippen LogP contribution in [0.25, 0.3) is 10.6 Å². The van der Waals surface area contributed by atoms with Crippen LogP contribution in [0.3, 0.4) is 0 Å². The maximum Gasteiger partial charge on any atom is 0.435 e. The summed E-state index contributed by atoms with van der Waals surface area (Å²) in [6.07, 6.45) is -4.90. The molecule has 0 atom stereocenters. The van der Waals surface area contributed by atoms with Crippen LogP contribution in [0.15, 0.2) is 18.2 Å². The van der Waals surface area contributed by atoms with E-state index in [4.69, 9.17) is 9.84 Å². The Kier molecular flexibility index (Phi) is 3.86. The quantitative estimate of drug-likeness (QED) is 0.876. The predicted molar refractivity (Wildman–Crippen MR) is 66.0 cm³/mol. The van der Waals surface area contributed by atoms with Crippen LogP contribution in [0.2, 0.25) is 0 Å². The highest BCUT2D eigenvalue weighted by Crippen LogP contribution is 2.38. The van der Waals surface area contributed by atoms with Crippen molar-refractivity contribution in [3.05, 3.63) is 34.6 Å².